The second-order valence-electron chi connectivity index (χ2n) is 6.88. The molecule has 138 valence electrons. The van der Waals surface area contributed by atoms with Crippen LogP contribution in [0, 0.1) is 11.3 Å². The van der Waals surface area contributed by atoms with Crippen LogP contribution in [0.3, 0.4) is 0 Å². The van der Waals surface area contributed by atoms with Gasteiger partial charge in [-0.25, -0.2) is 0 Å². The molecule has 2 aromatic carbocycles. The van der Waals surface area contributed by atoms with Gasteiger partial charge in [0.1, 0.15) is 12.1 Å². The van der Waals surface area contributed by atoms with Gasteiger partial charge >= 0.3 is 0 Å². The van der Waals surface area contributed by atoms with Crippen molar-refractivity contribution in [2.24, 2.45) is 0 Å². The summed E-state index contributed by atoms with van der Waals surface area (Å²) in [6.45, 7) is -0.0556. The van der Waals surface area contributed by atoms with Crippen LogP contribution in [-0.2, 0) is 4.79 Å². The van der Waals surface area contributed by atoms with Gasteiger partial charge in [0.05, 0.1) is 6.07 Å². The van der Waals surface area contributed by atoms with Crippen molar-refractivity contribution < 1.29 is 9.59 Å². The van der Waals surface area contributed by atoms with Crippen molar-refractivity contribution in [3.05, 3.63) is 60.2 Å². The first-order valence-electron chi connectivity index (χ1n) is 9.28. The average molecular weight is 361 g/mol. The molecule has 1 saturated carbocycles. The lowest BCUT2D eigenvalue weighted by atomic mass is 9.80. The number of nitrogens with one attached hydrogen (secondary N) is 2. The molecule has 0 radical (unpaired) electrons. The van der Waals surface area contributed by atoms with E-state index in [4.69, 9.17) is 5.26 Å². The minimum atomic E-state index is -0.936. The molecule has 5 nitrogen and oxygen atoms in total. The Hall–Kier alpha value is -3.13. The summed E-state index contributed by atoms with van der Waals surface area (Å²) in [5.41, 5.74) is 1.57. The molecule has 2 N–H and O–H groups in total. The fourth-order valence-electron chi connectivity index (χ4n) is 3.61. The summed E-state index contributed by atoms with van der Waals surface area (Å²) in [7, 11) is 0. The molecule has 2 aromatic rings. The molecule has 5 heteroatoms. The molecular formula is C22H23N3O2. The summed E-state index contributed by atoms with van der Waals surface area (Å²) < 4.78 is 0. The maximum atomic E-state index is 12.9. The minimum Gasteiger partial charge on any atom is -0.341 e. The third kappa shape index (κ3) is 4.35. The van der Waals surface area contributed by atoms with Gasteiger partial charge in [-0.3, -0.25) is 9.59 Å². The van der Waals surface area contributed by atoms with Gasteiger partial charge in [0.15, 0.2) is 0 Å². The first-order valence-corrected chi connectivity index (χ1v) is 9.28. The molecule has 2 amide bonds. The number of nitriles is 1. The minimum absolute atomic E-state index is 0.0556. The predicted molar refractivity (Wildman–Crippen MR) is 104 cm³/mol. The number of rotatable bonds is 5. The van der Waals surface area contributed by atoms with Crippen LogP contribution >= 0.6 is 0 Å². The van der Waals surface area contributed by atoms with Crippen LogP contribution in [-0.4, -0.2) is 23.9 Å². The van der Waals surface area contributed by atoms with E-state index in [-0.39, 0.29) is 18.4 Å². The molecule has 0 atom stereocenters. The van der Waals surface area contributed by atoms with E-state index in [1.54, 1.807) is 6.07 Å². The van der Waals surface area contributed by atoms with E-state index in [1.807, 2.05) is 54.6 Å². The van der Waals surface area contributed by atoms with Gasteiger partial charge in [-0.2, -0.15) is 5.26 Å². The second kappa shape index (κ2) is 8.50. The quantitative estimate of drug-likeness (QED) is 0.801. The SMILES string of the molecule is N#CCNC(=O)C1(NC(=O)c2cccc(-c3ccccc3)c2)CCCCC1. The Morgan fingerprint density at radius 1 is 0.963 bits per heavy atom. The molecule has 0 aromatic heterocycles. The number of hydrogen-bond donors (Lipinski definition) is 2. The van der Waals surface area contributed by atoms with Crippen LogP contribution in [0.4, 0.5) is 0 Å². The van der Waals surface area contributed by atoms with E-state index >= 15 is 0 Å². The molecule has 1 fully saturated rings. The fraction of sp³-hybridized carbons (Fsp3) is 0.318. The smallest absolute Gasteiger partial charge is 0.252 e. The first kappa shape index (κ1) is 18.7. The summed E-state index contributed by atoms with van der Waals surface area (Å²) in [5.74, 6) is -0.530. The summed E-state index contributed by atoms with van der Waals surface area (Å²) in [5, 5.41) is 14.3. The Balaban J connectivity index is 1.82. The van der Waals surface area contributed by atoms with Crippen molar-refractivity contribution in [2.75, 3.05) is 6.54 Å². The zero-order valence-corrected chi connectivity index (χ0v) is 15.2. The molecular weight excluding hydrogens is 338 g/mol. The Kier molecular flexibility index (Phi) is 5.87. The predicted octanol–water partition coefficient (Wildman–Crippen LogP) is 3.43. The lowest BCUT2D eigenvalue weighted by Crippen LogP contribution is -2.59. The third-order valence-electron chi connectivity index (χ3n) is 5.05. The van der Waals surface area contributed by atoms with Gasteiger partial charge in [-0.1, -0.05) is 61.7 Å². The lowest BCUT2D eigenvalue weighted by Gasteiger charge is -2.36. The highest BCUT2D eigenvalue weighted by Gasteiger charge is 2.40. The van der Waals surface area contributed by atoms with Crippen molar-refractivity contribution in [3.8, 4) is 17.2 Å². The Morgan fingerprint density at radius 3 is 2.37 bits per heavy atom. The number of amides is 2. The van der Waals surface area contributed by atoms with Gasteiger partial charge in [-0.15, -0.1) is 0 Å². The van der Waals surface area contributed by atoms with Gasteiger partial charge in [0.25, 0.3) is 5.91 Å². The largest absolute Gasteiger partial charge is 0.341 e. The average Bonchev–Trinajstić information content (AvgIpc) is 2.73. The van der Waals surface area contributed by atoms with E-state index in [1.165, 1.54) is 0 Å². The molecule has 1 aliphatic rings. The molecule has 3 rings (SSSR count). The summed E-state index contributed by atoms with van der Waals surface area (Å²) in [6, 6.07) is 19.2. The number of nitrogens with zero attached hydrogens (tertiary/aromatic N) is 1. The van der Waals surface area contributed by atoms with E-state index in [0.29, 0.717) is 18.4 Å². The fourth-order valence-corrected chi connectivity index (χ4v) is 3.61. The van der Waals surface area contributed by atoms with Crippen molar-refractivity contribution in [1.82, 2.24) is 10.6 Å². The van der Waals surface area contributed by atoms with Gasteiger partial charge in [-0.05, 0) is 36.1 Å². The standard InChI is InChI=1S/C22H23N3O2/c23-14-15-24-21(27)22(12-5-2-6-13-22)25-20(26)19-11-7-10-18(16-19)17-8-3-1-4-9-17/h1,3-4,7-11,16H,2,5-6,12-13,15H2,(H,24,27)(H,25,26). The molecule has 0 heterocycles. The zero-order valence-electron chi connectivity index (χ0n) is 15.2. The molecule has 0 saturated heterocycles. The maximum Gasteiger partial charge on any atom is 0.252 e. The molecule has 0 unspecified atom stereocenters. The van der Waals surface area contributed by atoms with Gasteiger partial charge in [0, 0.05) is 5.56 Å². The van der Waals surface area contributed by atoms with Crippen LogP contribution in [0.5, 0.6) is 0 Å². The zero-order chi connectivity index (χ0) is 19.1. The normalized spacial score (nSPS) is 15.4. The van der Waals surface area contributed by atoms with Crippen LogP contribution in [0.15, 0.2) is 54.6 Å². The lowest BCUT2D eigenvalue weighted by molar-refractivity contribution is -0.128. The molecule has 0 spiro atoms. The summed E-state index contributed by atoms with van der Waals surface area (Å²) in [6.07, 6.45) is 3.99. The number of carbonyl (C=O) groups excluding carboxylic acids is 2. The van der Waals surface area contributed by atoms with Crippen molar-refractivity contribution in [2.45, 2.75) is 37.6 Å². The molecule has 27 heavy (non-hydrogen) atoms. The molecule has 0 aliphatic heterocycles. The topological polar surface area (TPSA) is 82.0 Å². The Bertz CT molecular complexity index is 849. The van der Waals surface area contributed by atoms with Gasteiger partial charge in [0.2, 0.25) is 5.91 Å². The molecule has 0 bridgehead atoms. The highest BCUT2D eigenvalue weighted by Crippen LogP contribution is 2.29. The van der Waals surface area contributed by atoms with Gasteiger partial charge < -0.3 is 10.6 Å². The monoisotopic (exact) mass is 361 g/mol. The number of hydrogen-bond acceptors (Lipinski definition) is 3. The highest BCUT2D eigenvalue weighted by molar-refractivity contribution is 6.00. The van der Waals surface area contributed by atoms with E-state index in [2.05, 4.69) is 10.6 Å². The third-order valence-corrected chi connectivity index (χ3v) is 5.05. The Morgan fingerprint density at radius 2 is 1.67 bits per heavy atom. The summed E-state index contributed by atoms with van der Waals surface area (Å²) in [4.78, 5) is 25.6. The molecule has 1 aliphatic carbocycles. The van der Waals surface area contributed by atoms with Crippen LogP contribution in [0.2, 0.25) is 0 Å². The van der Waals surface area contributed by atoms with Crippen LogP contribution in [0.25, 0.3) is 11.1 Å². The van der Waals surface area contributed by atoms with Crippen molar-refractivity contribution >= 4 is 11.8 Å². The van der Waals surface area contributed by atoms with Crippen molar-refractivity contribution in [3.63, 3.8) is 0 Å². The number of carbonyl (C=O) groups is 2. The number of benzene rings is 2. The van der Waals surface area contributed by atoms with E-state index in [9.17, 15) is 9.59 Å². The highest BCUT2D eigenvalue weighted by atomic mass is 16.2. The first-order chi connectivity index (χ1) is 13.1. The Labute approximate surface area is 159 Å². The van der Waals surface area contributed by atoms with Crippen molar-refractivity contribution in [1.29, 1.82) is 5.26 Å². The van der Waals surface area contributed by atoms with Crippen LogP contribution in [0.1, 0.15) is 42.5 Å². The maximum absolute atomic E-state index is 12.9. The van der Waals surface area contributed by atoms with E-state index in [0.717, 1.165) is 30.4 Å². The second-order valence-corrected chi connectivity index (χ2v) is 6.88. The van der Waals surface area contributed by atoms with Crippen LogP contribution < -0.4 is 10.6 Å². The van der Waals surface area contributed by atoms with E-state index < -0.39 is 5.54 Å². The summed E-state index contributed by atoms with van der Waals surface area (Å²) >= 11 is 0.